The van der Waals surface area contributed by atoms with E-state index in [0.717, 1.165) is 13.1 Å². The van der Waals surface area contributed by atoms with Crippen LogP contribution in [0.5, 0.6) is 0 Å². The lowest BCUT2D eigenvalue weighted by Crippen LogP contribution is -2.41. The number of hydrogen-bond acceptors (Lipinski definition) is 3. The van der Waals surface area contributed by atoms with E-state index in [-0.39, 0.29) is 0 Å². The number of rotatable bonds is 4. The van der Waals surface area contributed by atoms with Gasteiger partial charge < -0.3 is 11.1 Å². The van der Waals surface area contributed by atoms with Gasteiger partial charge >= 0.3 is 0 Å². The van der Waals surface area contributed by atoms with Gasteiger partial charge in [-0.15, -0.1) is 0 Å². The molecule has 3 heteroatoms. The number of thiophene rings is 1. The average Bonchev–Trinajstić information content (AvgIpc) is 2.72. The molecular formula is C13H22N2S. The highest BCUT2D eigenvalue weighted by Crippen LogP contribution is 2.24. The Morgan fingerprint density at radius 1 is 1.38 bits per heavy atom. The zero-order valence-electron chi connectivity index (χ0n) is 10.0. The van der Waals surface area contributed by atoms with Crippen LogP contribution >= 0.6 is 11.3 Å². The molecule has 1 aliphatic carbocycles. The highest BCUT2D eigenvalue weighted by atomic mass is 32.1. The first kappa shape index (κ1) is 12.1. The maximum atomic E-state index is 5.83. The van der Waals surface area contributed by atoms with Gasteiger partial charge in [-0.1, -0.05) is 12.8 Å². The summed E-state index contributed by atoms with van der Waals surface area (Å²) in [6, 6.07) is 0.637. The quantitative estimate of drug-likeness (QED) is 0.846. The van der Waals surface area contributed by atoms with Crippen LogP contribution in [0.25, 0.3) is 0 Å². The van der Waals surface area contributed by atoms with E-state index < -0.39 is 0 Å². The van der Waals surface area contributed by atoms with Gasteiger partial charge in [0, 0.05) is 12.6 Å². The molecule has 0 radical (unpaired) electrons. The third-order valence-electron chi connectivity index (χ3n) is 3.73. The van der Waals surface area contributed by atoms with Gasteiger partial charge in [0.05, 0.1) is 0 Å². The van der Waals surface area contributed by atoms with E-state index in [0.29, 0.717) is 12.0 Å². The predicted molar refractivity (Wildman–Crippen MR) is 70.7 cm³/mol. The van der Waals surface area contributed by atoms with Crippen LogP contribution in [0.1, 0.15) is 36.8 Å². The number of nitrogens with two attached hydrogens (primary N) is 1. The van der Waals surface area contributed by atoms with Gasteiger partial charge in [0.2, 0.25) is 0 Å². The summed E-state index contributed by atoms with van der Waals surface area (Å²) in [6.45, 7) is 4.03. The Bertz CT molecular complexity index is 321. The van der Waals surface area contributed by atoms with Gasteiger partial charge in [-0.25, -0.2) is 0 Å². The monoisotopic (exact) mass is 238 g/mol. The van der Waals surface area contributed by atoms with E-state index in [1.807, 2.05) is 0 Å². The molecule has 1 aromatic heterocycles. The fourth-order valence-electron chi connectivity index (χ4n) is 2.57. The van der Waals surface area contributed by atoms with Crippen LogP contribution in [0.15, 0.2) is 10.8 Å². The summed E-state index contributed by atoms with van der Waals surface area (Å²) >= 11 is 1.79. The number of hydrogen-bond donors (Lipinski definition) is 2. The molecule has 0 aromatic carbocycles. The van der Waals surface area contributed by atoms with Crippen LogP contribution in [0.4, 0.5) is 0 Å². The number of aryl methyl sites for hydroxylation is 1. The molecule has 1 aromatic rings. The van der Waals surface area contributed by atoms with Gasteiger partial charge in [-0.05, 0) is 54.1 Å². The average molecular weight is 238 g/mol. The fourth-order valence-corrected chi connectivity index (χ4v) is 3.42. The van der Waals surface area contributed by atoms with Crippen molar-refractivity contribution in [1.29, 1.82) is 0 Å². The van der Waals surface area contributed by atoms with Crippen molar-refractivity contribution in [2.45, 2.75) is 45.2 Å². The summed E-state index contributed by atoms with van der Waals surface area (Å²) in [7, 11) is 0. The van der Waals surface area contributed by atoms with Crippen molar-refractivity contribution >= 4 is 11.3 Å². The van der Waals surface area contributed by atoms with Crippen LogP contribution in [-0.2, 0) is 6.54 Å². The summed E-state index contributed by atoms with van der Waals surface area (Å²) in [6.07, 6.45) is 5.32. The van der Waals surface area contributed by atoms with E-state index in [2.05, 4.69) is 23.0 Å². The summed E-state index contributed by atoms with van der Waals surface area (Å²) < 4.78 is 0. The summed E-state index contributed by atoms with van der Waals surface area (Å²) in [5.41, 5.74) is 8.70. The van der Waals surface area contributed by atoms with Crippen LogP contribution < -0.4 is 11.1 Å². The van der Waals surface area contributed by atoms with Crippen molar-refractivity contribution in [2.24, 2.45) is 11.7 Å². The van der Waals surface area contributed by atoms with E-state index in [4.69, 9.17) is 5.73 Å². The first-order valence-electron chi connectivity index (χ1n) is 6.26. The molecule has 0 bridgehead atoms. The molecule has 90 valence electrons. The third-order valence-corrected chi connectivity index (χ3v) is 4.64. The van der Waals surface area contributed by atoms with Crippen molar-refractivity contribution in [3.8, 4) is 0 Å². The Kier molecular flexibility index (Phi) is 4.38. The minimum absolute atomic E-state index is 0.637. The zero-order chi connectivity index (χ0) is 11.4. The largest absolute Gasteiger partial charge is 0.330 e. The lowest BCUT2D eigenvalue weighted by Gasteiger charge is -2.31. The zero-order valence-corrected chi connectivity index (χ0v) is 10.9. The lowest BCUT2D eigenvalue weighted by atomic mass is 9.84. The second-order valence-corrected chi connectivity index (χ2v) is 5.59. The Morgan fingerprint density at radius 2 is 2.19 bits per heavy atom. The minimum Gasteiger partial charge on any atom is -0.330 e. The van der Waals surface area contributed by atoms with Gasteiger partial charge in [0.15, 0.2) is 0 Å². The van der Waals surface area contributed by atoms with Crippen LogP contribution in [-0.4, -0.2) is 12.6 Å². The summed E-state index contributed by atoms with van der Waals surface area (Å²) in [5, 5.41) is 8.17. The fraction of sp³-hybridized carbons (Fsp3) is 0.692. The van der Waals surface area contributed by atoms with Crippen molar-refractivity contribution in [3.05, 3.63) is 21.9 Å². The van der Waals surface area contributed by atoms with Crippen LogP contribution in [0, 0.1) is 12.8 Å². The first-order chi connectivity index (χ1) is 7.81. The molecule has 0 aliphatic heterocycles. The molecule has 1 heterocycles. The Balaban J connectivity index is 1.86. The van der Waals surface area contributed by atoms with E-state index in [9.17, 15) is 0 Å². The van der Waals surface area contributed by atoms with Crippen molar-refractivity contribution in [2.75, 3.05) is 6.54 Å². The third kappa shape index (κ3) is 2.84. The highest BCUT2D eigenvalue weighted by Gasteiger charge is 2.23. The second kappa shape index (κ2) is 5.80. The maximum Gasteiger partial charge on any atom is 0.0219 e. The van der Waals surface area contributed by atoms with E-state index >= 15 is 0 Å². The molecule has 2 atom stereocenters. The summed E-state index contributed by atoms with van der Waals surface area (Å²) in [4.78, 5) is 0. The molecule has 0 amide bonds. The maximum absolute atomic E-state index is 5.83. The minimum atomic E-state index is 0.637. The molecule has 1 fully saturated rings. The van der Waals surface area contributed by atoms with Crippen molar-refractivity contribution in [1.82, 2.24) is 5.32 Å². The molecule has 3 N–H and O–H groups in total. The van der Waals surface area contributed by atoms with Gasteiger partial charge in [-0.2, -0.15) is 11.3 Å². The molecule has 16 heavy (non-hydrogen) atoms. The highest BCUT2D eigenvalue weighted by molar-refractivity contribution is 7.08. The molecule has 0 saturated heterocycles. The van der Waals surface area contributed by atoms with E-state index in [1.54, 1.807) is 11.3 Å². The normalized spacial score (nSPS) is 25.9. The SMILES string of the molecule is Cc1cscc1CNC1CCCCC1CN. The van der Waals surface area contributed by atoms with E-state index in [1.165, 1.54) is 36.8 Å². The smallest absolute Gasteiger partial charge is 0.0219 e. The molecule has 1 saturated carbocycles. The number of nitrogens with one attached hydrogen (secondary N) is 1. The second-order valence-electron chi connectivity index (χ2n) is 4.85. The van der Waals surface area contributed by atoms with Gasteiger partial charge in [-0.3, -0.25) is 0 Å². The Labute approximate surface area is 102 Å². The molecule has 1 aliphatic rings. The Morgan fingerprint density at radius 3 is 2.88 bits per heavy atom. The molecule has 2 rings (SSSR count). The van der Waals surface area contributed by atoms with Crippen LogP contribution in [0.2, 0.25) is 0 Å². The van der Waals surface area contributed by atoms with Gasteiger partial charge in [0.1, 0.15) is 0 Å². The Hall–Kier alpha value is -0.380. The molecule has 0 spiro atoms. The van der Waals surface area contributed by atoms with Crippen LogP contribution in [0.3, 0.4) is 0 Å². The molecular weight excluding hydrogens is 216 g/mol. The summed E-state index contributed by atoms with van der Waals surface area (Å²) in [5.74, 6) is 0.688. The topological polar surface area (TPSA) is 38.0 Å². The first-order valence-corrected chi connectivity index (χ1v) is 7.20. The predicted octanol–water partition coefficient (Wildman–Crippen LogP) is 2.66. The molecule has 2 nitrogen and oxygen atoms in total. The van der Waals surface area contributed by atoms with Crippen molar-refractivity contribution in [3.63, 3.8) is 0 Å². The lowest BCUT2D eigenvalue weighted by molar-refractivity contribution is 0.267. The molecule has 2 unspecified atom stereocenters. The van der Waals surface area contributed by atoms with Gasteiger partial charge in [0.25, 0.3) is 0 Å². The standard InChI is InChI=1S/C13H22N2S/c1-10-8-16-9-12(10)7-15-13-5-3-2-4-11(13)6-14/h8-9,11,13,15H,2-7,14H2,1H3. The van der Waals surface area contributed by atoms with Crippen molar-refractivity contribution < 1.29 is 0 Å².